The first kappa shape index (κ1) is 14.6. The molecule has 0 unspecified atom stereocenters. The zero-order valence-electron chi connectivity index (χ0n) is 10.6. The maximum Gasteiger partial charge on any atom is 0.348 e. The number of carbonyl (C=O) groups excluding carboxylic acids is 1. The Kier molecular flexibility index (Phi) is 5.42. The number of aromatic hydroxyl groups is 2. The van der Waals surface area contributed by atoms with Gasteiger partial charge in [0.25, 0.3) is 0 Å². The molecule has 0 spiro atoms. The van der Waals surface area contributed by atoms with E-state index in [0.29, 0.717) is 5.56 Å². The number of esters is 1. The Morgan fingerprint density at radius 3 is 2.74 bits per heavy atom. The van der Waals surface area contributed by atoms with Gasteiger partial charge in [0.1, 0.15) is 11.6 Å². The summed E-state index contributed by atoms with van der Waals surface area (Å²) in [6.45, 7) is 2.24. The molecule has 0 heterocycles. The van der Waals surface area contributed by atoms with Crippen molar-refractivity contribution in [3.8, 4) is 17.6 Å². The van der Waals surface area contributed by atoms with E-state index in [4.69, 9.17) is 15.1 Å². The summed E-state index contributed by atoms with van der Waals surface area (Å²) in [5.41, 5.74) is 0.278. The molecule has 0 saturated carbocycles. The number of rotatable bonds is 5. The Morgan fingerprint density at radius 1 is 1.42 bits per heavy atom. The van der Waals surface area contributed by atoms with Gasteiger partial charge in [-0.05, 0) is 30.2 Å². The number of carbonyl (C=O) groups is 1. The van der Waals surface area contributed by atoms with Crippen LogP contribution in [0.4, 0.5) is 0 Å². The summed E-state index contributed by atoms with van der Waals surface area (Å²) in [6.07, 6.45) is 2.93. The number of nitriles is 1. The number of phenolic OH excluding ortho intramolecular Hbond substituents is 2. The minimum Gasteiger partial charge on any atom is -0.504 e. The van der Waals surface area contributed by atoms with Crippen molar-refractivity contribution in [3.63, 3.8) is 0 Å². The summed E-state index contributed by atoms with van der Waals surface area (Å²) >= 11 is 0. The van der Waals surface area contributed by atoms with Crippen LogP contribution < -0.4 is 0 Å². The number of benzene rings is 1. The second-order valence-corrected chi connectivity index (χ2v) is 3.91. The summed E-state index contributed by atoms with van der Waals surface area (Å²) in [6, 6.07) is 5.76. The van der Waals surface area contributed by atoms with E-state index in [2.05, 4.69) is 0 Å². The zero-order chi connectivity index (χ0) is 14.3. The maximum atomic E-state index is 11.6. The van der Waals surface area contributed by atoms with Gasteiger partial charge in [-0.25, -0.2) is 4.79 Å². The first-order valence-electron chi connectivity index (χ1n) is 5.89. The van der Waals surface area contributed by atoms with Crippen LogP contribution in [0.25, 0.3) is 6.08 Å². The highest BCUT2D eigenvalue weighted by Crippen LogP contribution is 2.25. The number of hydrogen-bond donors (Lipinski definition) is 2. The van der Waals surface area contributed by atoms with E-state index in [1.165, 1.54) is 24.3 Å². The van der Waals surface area contributed by atoms with Gasteiger partial charge in [-0.15, -0.1) is 0 Å². The van der Waals surface area contributed by atoms with Crippen LogP contribution in [0.1, 0.15) is 25.3 Å². The van der Waals surface area contributed by atoms with Crippen molar-refractivity contribution < 1.29 is 19.7 Å². The predicted octanol–water partition coefficient (Wildman–Crippen LogP) is 2.35. The first-order chi connectivity index (χ1) is 9.08. The van der Waals surface area contributed by atoms with E-state index in [-0.39, 0.29) is 23.7 Å². The fourth-order valence-electron chi connectivity index (χ4n) is 1.32. The van der Waals surface area contributed by atoms with Crippen LogP contribution in [0, 0.1) is 11.3 Å². The largest absolute Gasteiger partial charge is 0.504 e. The van der Waals surface area contributed by atoms with Gasteiger partial charge in [-0.1, -0.05) is 19.4 Å². The van der Waals surface area contributed by atoms with Gasteiger partial charge in [-0.2, -0.15) is 5.26 Å². The molecular weight excluding hydrogens is 246 g/mol. The van der Waals surface area contributed by atoms with Crippen LogP contribution in [-0.4, -0.2) is 22.8 Å². The monoisotopic (exact) mass is 261 g/mol. The van der Waals surface area contributed by atoms with Gasteiger partial charge < -0.3 is 14.9 Å². The lowest BCUT2D eigenvalue weighted by Crippen LogP contribution is -2.07. The molecule has 0 aliphatic carbocycles. The van der Waals surface area contributed by atoms with Crippen LogP contribution in [0.5, 0.6) is 11.5 Å². The Labute approximate surface area is 111 Å². The van der Waals surface area contributed by atoms with Crippen LogP contribution in [0.2, 0.25) is 0 Å². The van der Waals surface area contributed by atoms with Crippen LogP contribution in [0.15, 0.2) is 23.8 Å². The molecule has 2 N–H and O–H groups in total. The lowest BCUT2D eigenvalue weighted by Gasteiger charge is -2.03. The van der Waals surface area contributed by atoms with E-state index in [0.717, 1.165) is 12.8 Å². The number of phenols is 2. The molecule has 1 rings (SSSR count). The first-order valence-corrected chi connectivity index (χ1v) is 5.89. The van der Waals surface area contributed by atoms with Gasteiger partial charge >= 0.3 is 5.97 Å². The average Bonchev–Trinajstić information content (AvgIpc) is 2.40. The molecule has 1 aromatic carbocycles. The van der Waals surface area contributed by atoms with Crippen molar-refractivity contribution >= 4 is 12.0 Å². The molecule has 1 aromatic rings. The fraction of sp³-hybridized carbons (Fsp3) is 0.286. The Hall–Kier alpha value is -2.48. The summed E-state index contributed by atoms with van der Waals surface area (Å²) in [7, 11) is 0. The number of hydrogen-bond acceptors (Lipinski definition) is 5. The minimum absolute atomic E-state index is 0.152. The molecule has 0 saturated heterocycles. The number of ether oxygens (including phenoxy) is 1. The molecular formula is C14H15NO4. The maximum absolute atomic E-state index is 11.6. The van der Waals surface area contributed by atoms with E-state index in [1.54, 1.807) is 6.07 Å². The van der Waals surface area contributed by atoms with Crippen molar-refractivity contribution in [2.45, 2.75) is 19.8 Å². The lowest BCUT2D eigenvalue weighted by molar-refractivity contribution is -0.138. The number of unbranched alkanes of at least 4 members (excludes halogenated alkanes) is 1. The predicted molar refractivity (Wildman–Crippen MR) is 69.2 cm³/mol. The Morgan fingerprint density at radius 2 is 2.16 bits per heavy atom. The minimum atomic E-state index is -0.691. The molecule has 0 atom stereocenters. The van der Waals surface area contributed by atoms with Gasteiger partial charge in [0, 0.05) is 0 Å². The molecule has 0 radical (unpaired) electrons. The third kappa shape index (κ3) is 4.36. The summed E-state index contributed by atoms with van der Waals surface area (Å²) in [5.74, 6) is -1.27. The molecule has 0 aromatic heterocycles. The highest BCUT2D eigenvalue weighted by molar-refractivity contribution is 5.97. The molecule has 0 fully saturated rings. The fourth-order valence-corrected chi connectivity index (χ4v) is 1.32. The molecule has 0 amide bonds. The van der Waals surface area contributed by atoms with E-state index >= 15 is 0 Å². The third-order valence-electron chi connectivity index (χ3n) is 2.38. The van der Waals surface area contributed by atoms with Crippen molar-refractivity contribution in [1.29, 1.82) is 5.26 Å². The SMILES string of the molecule is CCCCOC(=O)/C(C#N)=C/c1ccc(O)c(O)c1. The van der Waals surface area contributed by atoms with E-state index in [9.17, 15) is 9.90 Å². The summed E-state index contributed by atoms with van der Waals surface area (Å²) in [5, 5.41) is 27.4. The standard InChI is InChI=1S/C14H15NO4/c1-2-3-6-19-14(18)11(9-15)7-10-4-5-12(16)13(17)8-10/h4-5,7-8,16-17H,2-3,6H2,1H3/b11-7+. The Bertz CT molecular complexity index is 529. The van der Waals surface area contributed by atoms with Crippen LogP contribution in [-0.2, 0) is 9.53 Å². The highest BCUT2D eigenvalue weighted by Gasteiger charge is 2.10. The van der Waals surface area contributed by atoms with Crippen LogP contribution in [0.3, 0.4) is 0 Å². The van der Waals surface area contributed by atoms with Gasteiger partial charge in [0.2, 0.25) is 0 Å². The third-order valence-corrected chi connectivity index (χ3v) is 2.38. The van der Waals surface area contributed by atoms with Crippen LogP contribution >= 0.6 is 0 Å². The highest BCUT2D eigenvalue weighted by atomic mass is 16.5. The Balaban J connectivity index is 2.84. The van der Waals surface area contributed by atoms with Crippen molar-refractivity contribution in [3.05, 3.63) is 29.3 Å². The quantitative estimate of drug-likeness (QED) is 0.279. The van der Waals surface area contributed by atoms with Crippen molar-refractivity contribution in [2.24, 2.45) is 0 Å². The normalized spacial score (nSPS) is 10.8. The topological polar surface area (TPSA) is 90.6 Å². The van der Waals surface area contributed by atoms with Crippen molar-refractivity contribution in [1.82, 2.24) is 0 Å². The molecule has 0 aliphatic rings. The van der Waals surface area contributed by atoms with Gasteiger partial charge in [-0.3, -0.25) is 0 Å². The average molecular weight is 261 g/mol. The van der Waals surface area contributed by atoms with Crippen molar-refractivity contribution in [2.75, 3.05) is 6.61 Å². The van der Waals surface area contributed by atoms with E-state index in [1.807, 2.05) is 6.92 Å². The second-order valence-electron chi connectivity index (χ2n) is 3.91. The summed E-state index contributed by atoms with van der Waals surface area (Å²) in [4.78, 5) is 11.6. The van der Waals surface area contributed by atoms with Gasteiger partial charge in [0.15, 0.2) is 11.5 Å². The molecule has 0 aliphatic heterocycles. The molecule has 19 heavy (non-hydrogen) atoms. The molecule has 100 valence electrons. The van der Waals surface area contributed by atoms with E-state index < -0.39 is 5.97 Å². The van der Waals surface area contributed by atoms with Gasteiger partial charge in [0.05, 0.1) is 6.61 Å². The lowest BCUT2D eigenvalue weighted by atomic mass is 10.1. The smallest absolute Gasteiger partial charge is 0.348 e. The zero-order valence-corrected chi connectivity index (χ0v) is 10.6. The number of nitrogens with zero attached hydrogens (tertiary/aromatic N) is 1. The molecule has 5 nitrogen and oxygen atoms in total. The molecule has 0 bridgehead atoms. The molecule has 5 heteroatoms. The summed E-state index contributed by atoms with van der Waals surface area (Å²) < 4.78 is 4.92. The second kappa shape index (κ2) is 7.07.